The van der Waals surface area contributed by atoms with Crippen molar-refractivity contribution in [3.05, 3.63) is 26.8 Å². The Balaban J connectivity index is 3.22. The number of hydrogen-bond donors (Lipinski definition) is 1. The minimum atomic E-state index is -4.49. The summed E-state index contributed by atoms with van der Waals surface area (Å²) in [5.74, 6) is -0.611. The van der Waals surface area contributed by atoms with Crippen LogP contribution in [-0.2, 0) is 16.0 Å². The summed E-state index contributed by atoms with van der Waals surface area (Å²) in [4.78, 5) is 0. The molecule has 0 aliphatic carbocycles. The quantitative estimate of drug-likeness (QED) is 0.513. The fourth-order valence-corrected chi connectivity index (χ4v) is 2.47. The van der Waals surface area contributed by atoms with Gasteiger partial charge < -0.3 is 5.73 Å². The maximum Gasteiger partial charge on any atom is 0.306 e. The molecule has 0 bridgehead atoms. The molecular weight excluding hydrogens is 320 g/mol. The van der Waals surface area contributed by atoms with Crippen LogP contribution in [0.15, 0.2) is 12.1 Å². The Morgan fingerprint density at radius 3 is 2.57 bits per heavy atom. The first-order valence-corrected chi connectivity index (χ1v) is 6.39. The summed E-state index contributed by atoms with van der Waals surface area (Å²) in [5.41, 5.74) is 7.13. The van der Waals surface area contributed by atoms with Crippen molar-refractivity contribution in [2.45, 2.75) is 12.7 Å². The molecule has 1 aromatic carbocycles. The van der Waals surface area contributed by atoms with Crippen molar-refractivity contribution < 1.29 is 12.3 Å². The van der Waals surface area contributed by atoms with Gasteiger partial charge in [0.25, 0.3) is 0 Å². The third-order valence-electron chi connectivity index (χ3n) is 1.80. The van der Waals surface area contributed by atoms with Gasteiger partial charge in [-0.15, -0.1) is 3.89 Å². The van der Waals surface area contributed by atoms with Crippen LogP contribution in [0.4, 0.5) is 9.57 Å². The van der Waals surface area contributed by atoms with Crippen LogP contribution in [-0.4, -0.2) is 8.42 Å². The van der Waals surface area contributed by atoms with E-state index in [1.807, 2.05) is 22.6 Å². The predicted molar refractivity (Wildman–Crippen MR) is 62.0 cm³/mol. The second-order valence-corrected chi connectivity index (χ2v) is 5.50. The lowest BCUT2D eigenvalue weighted by atomic mass is 10.1. The maximum absolute atomic E-state index is 12.4. The zero-order chi connectivity index (χ0) is 10.9. The van der Waals surface area contributed by atoms with Gasteiger partial charge in [0.2, 0.25) is 0 Å². The fraction of sp³-hybridized carbons (Fsp3) is 0.250. The van der Waals surface area contributed by atoms with E-state index in [4.69, 9.17) is 5.73 Å². The van der Waals surface area contributed by atoms with Crippen LogP contribution in [0.5, 0.6) is 0 Å². The van der Waals surface area contributed by atoms with E-state index >= 15 is 0 Å². The van der Waals surface area contributed by atoms with Gasteiger partial charge in [0.1, 0.15) is 5.75 Å². The number of anilines is 1. The van der Waals surface area contributed by atoms with E-state index in [-0.39, 0.29) is 0 Å². The molecule has 0 aromatic heterocycles. The fourth-order valence-electron chi connectivity index (χ4n) is 1.09. The molecule has 0 fully saturated rings. The standard InChI is InChI=1S/C8H9FINO2S/c1-5-6(4-14(9,12)13)2-7(11)3-8(5)10/h2-3H,4,11H2,1H3. The first-order chi connectivity index (χ1) is 6.29. The lowest BCUT2D eigenvalue weighted by Crippen LogP contribution is -2.01. The summed E-state index contributed by atoms with van der Waals surface area (Å²) in [6.07, 6.45) is 0. The summed E-state index contributed by atoms with van der Waals surface area (Å²) in [6, 6.07) is 3.19. The molecule has 6 heteroatoms. The molecule has 0 atom stereocenters. The zero-order valence-electron chi connectivity index (χ0n) is 7.42. The van der Waals surface area contributed by atoms with Crippen LogP contribution in [0, 0.1) is 10.5 Å². The lowest BCUT2D eigenvalue weighted by Gasteiger charge is -2.06. The number of benzene rings is 1. The van der Waals surface area contributed by atoms with Gasteiger partial charge in [-0.3, -0.25) is 0 Å². The zero-order valence-corrected chi connectivity index (χ0v) is 10.4. The normalized spacial score (nSPS) is 11.6. The maximum atomic E-state index is 12.4. The molecule has 0 saturated carbocycles. The minimum absolute atomic E-state index is 0.414. The smallest absolute Gasteiger partial charge is 0.306 e. The third-order valence-corrected chi connectivity index (χ3v) is 3.58. The van der Waals surface area contributed by atoms with Crippen LogP contribution in [0.2, 0.25) is 0 Å². The number of hydrogen-bond acceptors (Lipinski definition) is 3. The number of nitrogen functional groups attached to an aromatic ring is 1. The van der Waals surface area contributed by atoms with Crippen molar-refractivity contribution in [2.75, 3.05) is 5.73 Å². The number of halogens is 2. The Bertz CT molecular complexity index is 459. The molecule has 1 rings (SSSR count). The Morgan fingerprint density at radius 2 is 2.07 bits per heavy atom. The summed E-state index contributed by atoms with van der Waals surface area (Å²) in [7, 11) is -4.49. The molecule has 0 unspecified atom stereocenters. The summed E-state index contributed by atoms with van der Waals surface area (Å²) < 4.78 is 34.2. The van der Waals surface area contributed by atoms with Crippen molar-refractivity contribution in [3.8, 4) is 0 Å². The van der Waals surface area contributed by atoms with Crippen molar-refractivity contribution in [3.63, 3.8) is 0 Å². The van der Waals surface area contributed by atoms with Crippen LogP contribution < -0.4 is 5.73 Å². The SMILES string of the molecule is Cc1c(I)cc(N)cc1CS(=O)(=O)F. The molecule has 1 aromatic rings. The first-order valence-electron chi connectivity index (χ1n) is 3.76. The van der Waals surface area contributed by atoms with Crippen molar-refractivity contribution >= 4 is 38.5 Å². The molecule has 0 amide bonds. The predicted octanol–water partition coefficient (Wildman–Crippen LogP) is 1.98. The summed E-state index contributed by atoms with van der Waals surface area (Å²) >= 11 is 2.03. The Labute approximate surface area is 95.8 Å². The van der Waals surface area contributed by atoms with Gasteiger partial charge in [-0.2, -0.15) is 8.42 Å². The molecule has 0 aliphatic rings. The summed E-state index contributed by atoms with van der Waals surface area (Å²) in [5, 5.41) is 0. The van der Waals surface area contributed by atoms with E-state index in [1.165, 1.54) is 6.07 Å². The molecule has 78 valence electrons. The molecule has 0 aliphatic heterocycles. The molecule has 0 saturated heterocycles. The summed E-state index contributed by atoms with van der Waals surface area (Å²) in [6.45, 7) is 1.74. The highest BCUT2D eigenvalue weighted by Crippen LogP contribution is 2.22. The van der Waals surface area contributed by atoms with E-state index in [0.717, 1.165) is 9.13 Å². The van der Waals surface area contributed by atoms with Crippen molar-refractivity contribution in [1.82, 2.24) is 0 Å². The third kappa shape index (κ3) is 3.09. The second-order valence-electron chi connectivity index (χ2n) is 2.97. The van der Waals surface area contributed by atoms with Crippen LogP contribution in [0.25, 0.3) is 0 Å². The second kappa shape index (κ2) is 4.01. The average Bonchev–Trinajstić information content (AvgIpc) is 1.96. The Hall–Kier alpha value is -0.370. The van der Waals surface area contributed by atoms with E-state index in [0.29, 0.717) is 11.3 Å². The van der Waals surface area contributed by atoms with E-state index in [2.05, 4.69) is 0 Å². The highest BCUT2D eigenvalue weighted by atomic mass is 127. The molecule has 0 heterocycles. The van der Waals surface area contributed by atoms with Crippen molar-refractivity contribution in [2.24, 2.45) is 0 Å². The van der Waals surface area contributed by atoms with Gasteiger partial charge >= 0.3 is 10.2 Å². The lowest BCUT2D eigenvalue weighted by molar-refractivity contribution is 0.551. The van der Waals surface area contributed by atoms with Crippen molar-refractivity contribution in [1.29, 1.82) is 0 Å². The van der Waals surface area contributed by atoms with Gasteiger partial charge in [0.15, 0.2) is 0 Å². The van der Waals surface area contributed by atoms with Gasteiger partial charge in [-0.25, -0.2) is 0 Å². The monoisotopic (exact) mass is 329 g/mol. The van der Waals surface area contributed by atoms with Crippen LogP contribution in [0.3, 0.4) is 0 Å². The Kier molecular flexibility index (Phi) is 3.36. The molecule has 2 N–H and O–H groups in total. The molecular formula is C8H9FINO2S. The molecule has 14 heavy (non-hydrogen) atoms. The largest absolute Gasteiger partial charge is 0.399 e. The Morgan fingerprint density at radius 1 is 1.50 bits per heavy atom. The average molecular weight is 329 g/mol. The van der Waals surface area contributed by atoms with Gasteiger partial charge in [-0.1, -0.05) is 0 Å². The molecule has 0 radical (unpaired) electrons. The topological polar surface area (TPSA) is 60.2 Å². The van der Waals surface area contributed by atoms with E-state index < -0.39 is 16.0 Å². The first kappa shape index (κ1) is 11.7. The van der Waals surface area contributed by atoms with Gasteiger partial charge in [-0.05, 0) is 52.8 Å². The highest BCUT2D eigenvalue weighted by molar-refractivity contribution is 14.1. The molecule has 0 spiro atoms. The van der Waals surface area contributed by atoms with E-state index in [1.54, 1.807) is 13.0 Å². The van der Waals surface area contributed by atoms with E-state index in [9.17, 15) is 12.3 Å². The van der Waals surface area contributed by atoms with Crippen LogP contribution in [0.1, 0.15) is 11.1 Å². The minimum Gasteiger partial charge on any atom is -0.399 e. The van der Waals surface area contributed by atoms with Crippen LogP contribution >= 0.6 is 22.6 Å². The number of rotatable bonds is 2. The number of nitrogens with two attached hydrogens (primary N) is 1. The highest BCUT2D eigenvalue weighted by Gasteiger charge is 2.13. The van der Waals surface area contributed by atoms with Gasteiger partial charge in [0.05, 0.1) is 0 Å². The van der Waals surface area contributed by atoms with Gasteiger partial charge in [0, 0.05) is 9.26 Å². The molecule has 3 nitrogen and oxygen atoms in total.